The predicted octanol–water partition coefficient (Wildman–Crippen LogP) is 2.36. The molecule has 1 N–H and O–H groups in total. The number of nitrogens with zero attached hydrogens (tertiary/aromatic N) is 1. The Balaban J connectivity index is 1.86. The molecular weight excluding hydrogens is 226 g/mol. The first-order valence-corrected chi connectivity index (χ1v) is 7.48. The molecule has 0 aliphatic carbocycles. The summed E-state index contributed by atoms with van der Waals surface area (Å²) in [5.41, 5.74) is 0. The van der Waals surface area contributed by atoms with Crippen molar-refractivity contribution < 1.29 is 5.11 Å². The van der Waals surface area contributed by atoms with E-state index in [-0.39, 0.29) is 6.61 Å². The summed E-state index contributed by atoms with van der Waals surface area (Å²) in [7, 11) is 0. The van der Waals surface area contributed by atoms with Crippen molar-refractivity contribution in [1.29, 1.82) is 0 Å². The fraction of sp³-hybridized carbons (Fsp3) is 0.727. The van der Waals surface area contributed by atoms with Gasteiger partial charge in [-0.15, -0.1) is 11.3 Å². The van der Waals surface area contributed by atoms with E-state index < -0.39 is 0 Å². The summed E-state index contributed by atoms with van der Waals surface area (Å²) in [4.78, 5) is 5.65. The Bertz CT molecular complexity index is 295. The molecule has 0 bridgehead atoms. The van der Waals surface area contributed by atoms with Gasteiger partial charge >= 0.3 is 0 Å². The molecule has 0 unspecified atom stereocenters. The molecule has 4 heteroatoms. The highest BCUT2D eigenvalue weighted by Gasteiger charge is 2.15. The van der Waals surface area contributed by atoms with Gasteiger partial charge in [0.25, 0.3) is 0 Å². The smallest absolute Gasteiger partial charge is 0.0930 e. The van der Waals surface area contributed by atoms with E-state index in [0.29, 0.717) is 0 Å². The maximum Gasteiger partial charge on any atom is 0.0930 e. The zero-order valence-corrected chi connectivity index (χ0v) is 10.4. The third-order valence-corrected chi connectivity index (χ3v) is 4.89. The molecule has 0 atom stereocenters. The van der Waals surface area contributed by atoms with Crippen molar-refractivity contribution in [3.05, 3.63) is 16.1 Å². The number of rotatable bonds is 4. The number of hydrogen-bond donors (Lipinski definition) is 1. The predicted molar refractivity (Wildman–Crippen MR) is 66.7 cm³/mol. The van der Waals surface area contributed by atoms with Crippen molar-refractivity contribution in [3.8, 4) is 0 Å². The van der Waals surface area contributed by atoms with E-state index in [4.69, 9.17) is 5.11 Å². The normalized spacial score (nSPS) is 18.2. The Morgan fingerprint density at radius 2 is 2.20 bits per heavy atom. The Morgan fingerprint density at radius 3 is 2.93 bits per heavy atom. The summed E-state index contributed by atoms with van der Waals surface area (Å²) in [6.07, 6.45) is 6.53. The number of aromatic nitrogens is 1. The van der Waals surface area contributed by atoms with E-state index in [9.17, 15) is 0 Å². The second-order valence-electron chi connectivity index (χ2n) is 3.95. The molecule has 0 spiro atoms. The number of hydrogen-bond acceptors (Lipinski definition) is 4. The van der Waals surface area contributed by atoms with Gasteiger partial charge in [0.1, 0.15) is 0 Å². The van der Waals surface area contributed by atoms with E-state index in [1.54, 1.807) is 11.3 Å². The summed E-state index contributed by atoms with van der Waals surface area (Å²) in [5.74, 6) is 3.48. The summed E-state index contributed by atoms with van der Waals surface area (Å²) >= 11 is 3.85. The van der Waals surface area contributed by atoms with Gasteiger partial charge in [-0.25, -0.2) is 4.98 Å². The van der Waals surface area contributed by atoms with Crippen molar-refractivity contribution >= 4 is 23.1 Å². The van der Waals surface area contributed by atoms with Crippen molar-refractivity contribution in [1.82, 2.24) is 4.98 Å². The van der Waals surface area contributed by atoms with Crippen LogP contribution in [0.4, 0.5) is 0 Å². The molecule has 15 heavy (non-hydrogen) atoms. The van der Waals surface area contributed by atoms with Gasteiger partial charge in [0.05, 0.1) is 5.01 Å². The maximum atomic E-state index is 8.83. The minimum atomic E-state index is 0.238. The number of aliphatic hydroxyl groups is 1. The molecule has 1 aliphatic heterocycles. The van der Waals surface area contributed by atoms with Gasteiger partial charge in [-0.3, -0.25) is 0 Å². The molecule has 1 aliphatic rings. The van der Waals surface area contributed by atoms with Crippen LogP contribution in [0.2, 0.25) is 0 Å². The minimum absolute atomic E-state index is 0.238. The van der Waals surface area contributed by atoms with Crippen LogP contribution in [0.15, 0.2) is 6.20 Å². The topological polar surface area (TPSA) is 33.1 Å². The molecular formula is C11H17NOS2. The molecule has 2 nitrogen and oxygen atoms in total. The lowest BCUT2D eigenvalue weighted by atomic mass is 9.99. The van der Waals surface area contributed by atoms with Crippen molar-refractivity contribution in [2.75, 3.05) is 18.1 Å². The van der Waals surface area contributed by atoms with Crippen LogP contribution in [0.5, 0.6) is 0 Å². The second-order valence-corrected chi connectivity index (χ2v) is 6.38. The van der Waals surface area contributed by atoms with Crippen LogP contribution in [-0.2, 0) is 12.8 Å². The first-order valence-electron chi connectivity index (χ1n) is 5.50. The Hall–Kier alpha value is -0.0600. The van der Waals surface area contributed by atoms with Crippen molar-refractivity contribution in [2.45, 2.75) is 25.7 Å². The quantitative estimate of drug-likeness (QED) is 0.881. The second kappa shape index (κ2) is 5.87. The molecule has 0 aromatic carbocycles. The van der Waals surface area contributed by atoms with Gasteiger partial charge in [-0.2, -0.15) is 11.8 Å². The van der Waals surface area contributed by atoms with E-state index >= 15 is 0 Å². The summed E-state index contributed by atoms with van der Waals surface area (Å²) < 4.78 is 0. The van der Waals surface area contributed by atoms with Gasteiger partial charge in [0.15, 0.2) is 0 Å². The summed E-state index contributed by atoms with van der Waals surface area (Å²) in [5, 5.41) is 10.1. The van der Waals surface area contributed by atoms with Gasteiger partial charge < -0.3 is 5.11 Å². The Kier molecular flexibility index (Phi) is 4.47. The Labute approximate surface area is 99.1 Å². The molecule has 0 amide bonds. The molecule has 0 saturated carbocycles. The fourth-order valence-electron chi connectivity index (χ4n) is 1.87. The summed E-state index contributed by atoms with van der Waals surface area (Å²) in [6.45, 7) is 0.238. The zero-order valence-electron chi connectivity index (χ0n) is 8.82. The van der Waals surface area contributed by atoms with Crippen LogP contribution in [0.3, 0.4) is 0 Å². The van der Waals surface area contributed by atoms with E-state index in [1.807, 2.05) is 6.20 Å². The molecule has 1 aromatic rings. The highest BCUT2D eigenvalue weighted by molar-refractivity contribution is 7.99. The number of thioether (sulfide) groups is 1. The van der Waals surface area contributed by atoms with Gasteiger partial charge in [-0.1, -0.05) is 0 Å². The molecule has 84 valence electrons. The summed E-state index contributed by atoms with van der Waals surface area (Å²) in [6, 6.07) is 0. The molecule has 2 rings (SSSR count). The van der Waals surface area contributed by atoms with Crippen molar-refractivity contribution in [3.63, 3.8) is 0 Å². The van der Waals surface area contributed by atoms with E-state index in [1.165, 1.54) is 34.2 Å². The van der Waals surface area contributed by atoms with Gasteiger partial charge in [-0.05, 0) is 30.3 Å². The van der Waals surface area contributed by atoms with Crippen LogP contribution in [0.1, 0.15) is 22.7 Å². The SMILES string of the molecule is OCCc1cnc(CC2CCSCC2)s1. The van der Waals surface area contributed by atoms with Crippen LogP contribution >= 0.6 is 23.1 Å². The monoisotopic (exact) mass is 243 g/mol. The van der Waals surface area contributed by atoms with Crippen LogP contribution in [0.25, 0.3) is 0 Å². The third kappa shape index (κ3) is 3.47. The highest BCUT2D eigenvalue weighted by atomic mass is 32.2. The largest absolute Gasteiger partial charge is 0.396 e. The average Bonchev–Trinajstić information content (AvgIpc) is 2.68. The number of aliphatic hydroxyl groups excluding tert-OH is 1. The lowest BCUT2D eigenvalue weighted by molar-refractivity contribution is 0.300. The standard InChI is InChI=1S/C11H17NOS2/c13-4-1-10-8-12-11(15-10)7-9-2-5-14-6-3-9/h8-9,13H,1-7H2. The zero-order chi connectivity index (χ0) is 10.5. The van der Waals surface area contributed by atoms with Crippen LogP contribution in [0, 0.1) is 5.92 Å². The van der Waals surface area contributed by atoms with E-state index in [2.05, 4.69) is 16.7 Å². The van der Waals surface area contributed by atoms with Crippen LogP contribution in [-0.4, -0.2) is 28.2 Å². The molecule has 2 heterocycles. The van der Waals surface area contributed by atoms with E-state index in [0.717, 1.165) is 18.8 Å². The lowest BCUT2D eigenvalue weighted by Crippen LogP contribution is -2.11. The van der Waals surface area contributed by atoms with Gasteiger partial charge in [0.2, 0.25) is 0 Å². The minimum Gasteiger partial charge on any atom is -0.396 e. The molecule has 1 fully saturated rings. The average molecular weight is 243 g/mol. The fourth-order valence-corrected chi connectivity index (χ4v) is 4.10. The third-order valence-electron chi connectivity index (χ3n) is 2.76. The van der Waals surface area contributed by atoms with Crippen LogP contribution < -0.4 is 0 Å². The first-order chi connectivity index (χ1) is 7.38. The Morgan fingerprint density at radius 1 is 1.40 bits per heavy atom. The van der Waals surface area contributed by atoms with Gasteiger partial charge in [0, 0.05) is 30.5 Å². The lowest BCUT2D eigenvalue weighted by Gasteiger charge is -2.19. The highest BCUT2D eigenvalue weighted by Crippen LogP contribution is 2.27. The van der Waals surface area contributed by atoms with Crippen molar-refractivity contribution in [2.24, 2.45) is 5.92 Å². The number of thiazole rings is 1. The molecule has 0 radical (unpaired) electrons. The first kappa shape index (κ1) is 11.4. The molecule has 1 aromatic heterocycles. The maximum absolute atomic E-state index is 8.83. The molecule has 1 saturated heterocycles.